The number of likely N-dealkylation sites (N-methyl/N-ethyl adjacent to an activating group) is 1. The minimum absolute atomic E-state index is 0.0314. The number of likely N-dealkylation sites (tertiary alicyclic amines) is 2. The number of rotatable bonds is 5. The fraction of sp³-hybridized carbons (Fsp3) is 0.600. The van der Waals surface area contributed by atoms with Crippen LogP contribution in [0.1, 0.15) is 37.6 Å². The molecule has 1 aromatic carbocycles. The zero-order valence-corrected chi connectivity index (χ0v) is 16.1. The predicted molar refractivity (Wildman–Crippen MR) is 98.7 cm³/mol. The third kappa shape index (κ3) is 3.98. The van der Waals surface area contributed by atoms with Crippen LogP contribution in [0.5, 0.6) is 0 Å². The standard InChI is InChI=1S/C20H27F2N3O2/c1-4-24(14(2)3)19(27)17-10-20(21,22)13-25(17)16-11-23(12-16)18(26)15-8-6-5-7-9-15/h5-9,14,16-17H,4,10-13H2,1-3H3/t17-/m0/s1. The maximum absolute atomic E-state index is 14.1. The third-order valence-electron chi connectivity index (χ3n) is 5.48. The van der Waals surface area contributed by atoms with Crippen molar-refractivity contribution >= 4 is 11.8 Å². The van der Waals surface area contributed by atoms with Gasteiger partial charge in [-0.1, -0.05) is 18.2 Å². The molecule has 27 heavy (non-hydrogen) atoms. The van der Waals surface area contributed by atoms with E-state index in [1.165, 1.54) is 0 Å². The monoisotopic (exact) mass is 379 g/mol. The van der Waals surface area contributed by atoms with Gasteiger partial charge in [0.05, 0.1) is 12.6 Å². The summed E-state index contributed by atoms with van der Waals surface area (Å²) < 4.78 is 28.2. The summed E-state index contributed by atoms with van der Waals surface area (Å²) in [6, 6.07) is 7.87. The highest BCUT2D eigenvalue weighted by molar-refractivity contribution is 5.94. The lowest BCUT2D eigenvalue weighted by Gasteiger charge is -2.46. The molecule has 0 saturated carbocycles. The molecule has 0 aromatic heterocycles. The molecule has 0 spiro atoms. The molecule has 3 rings (SSSR count). The molecule has 1 atom stereocenters. The van der Waals surface area contributed by atoms with E-state index in [-0.39, 0.29) is 23.9 Å². The highest BCUT2D eigenvalue weighted by Gasteiger charge is 2.53. The van der Waals surface area contributed by atoms with Gasteiger partial charge in [-0.25, -0.2) is 8.78 Å². The van der Waals surface area contributed by atoms with Gasteiger partial charge in [-0.3, -0.25) is 14.5 Å². The number of carbonyl (C=O) groups is 2. The van der Waals surface area contributed by atoms with Crippen LogP contribution in [-0.4, -0.2) is 76.7 Å². The number of hydrogen-bond acceptors (Lipinski definition) is 3. The van der Waals surface area contributed by atoms with Gasteiger partial charge < -0.3 is 9.80 Å². The van der Waals surface area contributed by atoms with Gasteiger partial charge in [-0.05, 0) is 32.9 Å². The third-order valence-corrected chi connectivity index (χ3v) is 5.48. The zero-order chi connectivity index (χ0) is 19.8. The number of hydrogen-bond donors (Lipinski definition) is 0. The molecule has 2 amide bonds. The van der Waals surface area contributed by atoms with E-state index in [1.54, 1.807) is 39.0 Å². The van der Waals surface area contributed by atoms with Crippen molar-refractivity contribution in [3.8, 4) is 0 Å². The number of nitrogens with zero attached hydrogens (tertiary/aromatic N) is 3. The molecule has 0 bridgehead atoms. The molecule has 2 fully saturated rings. The van der Waals surface area contributed by atoms with Gasteiger partial charge in [0.2, 0.25) is 5.91 Å². The minimum atomic E-state index is -2.87. The van der Waals surface area contributed by atoms with Crippen LogP contribution in [0.25, 0.3) is 0 Å². The van der Waals surface area contributed by atoms with Crippen molar-refractivity contribution < 1.29 is 18.4 Å². The van der Waals surface area contributed by atoms with Crippen molar-refractivity contribution in [3.63, 3.8) is 0 Å². The van der Waals surface area contributed by atoms with Gasteiger partial charge in [-0.2, -0.15) is 0 Å². The topological polar surface area (TPSA) is 43.9 Å². The number of benzene rings is 1. The lowest BCUT2D eigenvalue weighted by Crippen LogP contribution is -2.64. The molecule has 2 saturated heterocycles. The molecule has 0 unspecified atom stereocenters. The van der Waals surface area contributed by atoms with E-state index in [4.69, 9.17) is 0 Å². The highest BCUT2D eigenvalue weighted by atomic mass is 19.3. The van der Waals surface area contributed by atoms with Gasteiger partial charge >= 0.3 is 0 Å². The molecule has 0 N–H and O–H groups in total. The van der Waals surface area contributed by atoms with Gasteiger partial charge in [0.25, 0.3) is 11.8 Å². The maximum Gasteiger partial charge on any atom is 0.262 e. The largest absolute Gasteiger partial charge is 0.339 e. The summed E-state index contributed by atoms with van der Waals surface area (Å²) in [5, 5.41) is 0. The van der Waals surface area contributed by atoms with Crippen LogP contribution in [-0.2, 0) is 4.79 Å². The summed E-state index contributed by atoms with van der Waals surface area (Å²) in [5.74, 6) is -3.21. The van der Waals surface area contributed by atoms with Crippen LogP contribution < -0.4 is 0 Å². The Morgan fingerprint density at radius 3 is 2.41 bits per heavy atom. The first-order chi connectivity index (χ1) is 12.7. The molecular weight excluding hydrogens is 352 g/mol. The molecule has 2 aliphatic rings. The van der Waals surface area contributed by atoms with E-state index < -0.39 is 24.9 Å². The van der Waals surface area contributed by atoms with Crippen molar-refractivity contribution in [1.29, 1.82) is 0 Å². The van der Waals surface area contributed by atoms with Gasteiger partial charge in [0.15, 0.2) is 0 Å². The summed E-state index contributed by atoms with van der Waals surface area (Å²) in [7, 11) is 0. The average Bonchev–Trinajstić information content (AvgIpc) is 2.89. The van der Waals surface area contributed by atoms with E-state index >= 15 is 0 Å². The summed E-state index contributed by atoms with van der Waals surface area (Å²) in [5.41, 5.74) is 0.590. The summed E-state index contributed by atoms with van der Waals surface area (Å²) in [6.07, 6.45) is -0.446. The second kappa shape index (κ2) is 7.54. The van der Waals surface area contributed by atoms with E-state index in [2.05, 4.69) is 0 Å². The van der Waals surface area contributed by atoms with Crippen molar-refractivity contribution in [2.75, 3.05) is 26.2 Å². The summed E-state index contributed by atoms with van der Waals surface area (Å²) >= 11 is 0. The van der Waals surface area contributed by atoms with Crippen LogP contribution in [0.3, 0.4) is 0 Å². The predicted octanol–water partition coefficient (Wildman–Crippen LogP) is 2.48. The first-order valence-electron chi connectivity index (χ1n) is 9.52. The number of amides is 2. The molecule has 0 radical (unpaired) electrons. The molecular formula is C20H27F2N3O2. The Bertz CT molecular complexity index is 690. The second-order valence-corrected chi connectivity index (χ2v) is 7.70. The van der Waals surface area contributed by atoms with E-state index in [1.807, 2.05) is 26.8 Å². The van der Waals surface area contributed by atoms with Crippen LogP contribution >= 0.6 is 0 Å². The van der Waals surface area contributed by atoms with Crippen molar-refractivity contribution in [3.05, 3.63) is 35.9 Å². The fourth-order valence-electron chi connectivity index (χ4n) is 4.02. The van der Waals surface area contributed by atoms with Gasteiger partial charge in [-0.15, -0.1) is 0 Å². The normalized spacial score (nSPS) is 22.7. The fourth-order valence-corrected chi connectivity index (χ4v) is 4.02. The van der Waals surface area contributed by atoms with E-state index in [0.29, 0.717) is 25.2 Å². The van der Waals surface area contributed by atoms with Crippen molar-refractivity contribution in [1.82, 2.24) is 14.7 Å². The highest BCUT2D eigenvalue weighted by Crippen LogP contribution is 2.36. The lowest BCUT2D eigenvalue weighted by molar-refractivity contribution is -0.139. The first-order valence-corrected chi connectivity index (χ1v) is 9.52. The molecule has 2 heterocycles. The zero-order valence-electron chi connectivity index (χ0n) is 16.1. The summed E-state index contributed by atoms with van der Waals surface area (Å²) in [4.78, 5) is 30.2. The van der Waals surface area contributed by atoms with Crippen LogP contribution in [0, 0.1) is 0 Å². The van der Waals surface area contributed by atoms with Crippen LogP contribution in [0.2, 0.25) is 0 Å². The Kier molecular flexibility index (Phi) is 5.51. The van der Waals surface area contributed by atoms with Crippen LogP contribution in [0.4, 0.5) is 8.78 Å². The molecule has 5 nitrogen and oxygen atoms in total. The average molecular weight is 379 g/mol. The van der Waals surface area contributed by atoms with Gasteiger partial charge in [0, 0.05) is 43.7 Å². The lowest BCUT2D eigenvalue weighted by atomic mass is 10.0. The van der Waals surface area contributed by atoms with E-state index in [0.717, 1.165) is 0 Å². The quantitative estimate of drug-likeness (QED) is 0.790. The SMILES string of the molecule is CCN(C(=O)[C@@H]1CC(F)(F)CN1C1CN(C(=O)c2ccccc2)C1)C(C)C. The smallest absolute Gasteiger partial charge is 0.262 e. The minimum Gasteiger partial charge on any atom is -0.339 e. The Morgan fingerprint density at radius 2 is 1.85 bits per heavy atom. The maximum atomic E-state index is 14.1. The molecule has 7 heteroatoms. The molecule has 148 valence electrons. The number of alkyl halides is 2. The Balaban J connectivity index is 1.68. The Morgan fingerprint density at radius 1 is 1.22 bits per heavy atom. The molecule has 1 aromatic rings. The Hall–Kier alpha value is -2.02. The number of carbonyl (C=O) groups excluding carboxylic acids is 2. The van der Waals surface area contributed by atoms with Crippen molar-refractivity contribution in [2.24, 2.45) is 0 Å². The molecule has 2 aliphatic heterocycles. The molecule has 0 aliphatic carbocycles. The van der Waals surface area contributed by atoms with Crippen molar-refractivity contribution in [2.45, 2.75) is 51.2 Å². The van der Waals surface area contributed by atoms with Crippen LogP contribution in [0.15, 0.2) is 30.3 Å². The number of halogens is 2. The second-order valence-electron chi connectivity index (χ2n) is 7.70. The van der Waals surface area contributed by atoms with Gasteiger partial charge in [0.1, 0.15) is 0 Å². The summed E-state index contributed by atoms with van der Waals surface area (Å²) in [6.45, 7) is 6.47. The Labute approximate surface area is 158 Å². The van der Waals surface area contributed by atoms with E-state index in [9.17, 15) is 18.4 Å². The first kappa shape index (κ1) is 19.7.